The summed E-state index contributed by atoms with van der Waals surface area (Å²) in [5.74, 6) is 2.83. The summed E-state index contributed by atoms with van der Waals surface area (Å²) in [7, 11) is 4.64. The number of ether oxygens (including phenoxy) is 3. The smallest absolute Gasteiger partial charge is 0.250 e. The molecule has 2 aromatic rings. The van der Waals surface area contributed by atoms with Gasteiger partial charge in [-0.2, -0.15) is 5.10 Å². The Morgan fingerprint density at radius 2 is 1.88 bits per heavy atom. The van der Waals surface area contributed by atoms with Gasteiger partial charge < -0.3 is 19.9 Å². The lowest BCUT2D eigenvalue weighted by atomic mass is 10.2. The first kappa shape index (κ1) is 17.2. The van der Waals surface area contributed by atoms with E-state index in [9.17, 15) is 0 Å². The summed E-state index contributed by atoms with van der Waals surface area (Å²) < 4.78 is 17.5. The highest BCUT2D eigenvalue weighted by Gasteiger charge is 2.15. The fraction of sp³-hybridized carbons (Fsp3) is 0.267. The van der Waals surface area contributed by atoms with Gasteiger partial charge in [0.15, 0.2) is 11.5 Å². The molecule has 0 atom stereocenters. The number of methoxy groups -OCH3 is 3. The van der Waals surface area contributed by atoms with E-state index in [1.165, 1.54) is 6.33 Å². The van der Waals surface area contributed by atoms with E-state index in [-0.39, 0.29) is 0 Å². The Balaban J connectivity index is 1.83. The summed E-state index contributed by atoms with van der Waals surface area (Å²) >= 11 is 0. The molecule has 0 saturated heterocycles. The van der Waals surface area contributed by atoms with Crippen LogP contribution in [0.1, 0.15) is 11.4 Å². The lowest BCUT2D eigenvalue weighted by Gasteiger charge is -2.12. The maximum atomic E-state index is 5.74. The summed E-state index contributed by atoms with van der Waals surface area (Å²) in [6.07, 6.45) is 3.44. The zero-order valence-corrected chi connectivity index (χ0v) is 14.5. The van der Waals surface area contributed by atoms with Crippen molar-refractivity contribution in [1.29, 1.82) is 0 Å². The molecule has 11 nitrogen and oxygen atoms in total. The Labute approximate surface area is 149 Å². The predicted octanol–water partition coefficient (Wildman–Crippen LogP) is -0.0400. The van der Waals surface area contributed by atoms with Crippen molar-refractivity contribution >= 4 is 18.0 Å². The number of nitrogens with one attached hydrogen (secondary N) is 1. The predicted molar refractivity (Wildman–Crippen MR) is 95.0 cm³/mol. The van der Waals surface area contributed by atoms with Crippen molar-refractivity contribution in [3.8, 4) is 17.2 Å². The third-order valence-electron chi connectivity index (χ3n) is 3.52. The maximum absolute atomic E-state index is 5.74. The number of nitrogens with zero attached hydrogens (tertiary/aromatic N) is 6. The van der Waals surface area contributed by atoms with Gasteiger partial charge in [-0.3, -0.25) is 4.57 Å². The first-order chi connectivity index (χ1) is 12.7. The molecule has 2 heterocycles. The molecule has 0 radical (unpaired) electrons. The first-order valence-electron chi connectivity index (χ1n) is 7.54. The van der Waals surface area contributed by atoms with Gasteiger partial charge in [-0.05, 0) is 12.1 Å². The number of rotatable bonds is 5. The minimum atomic E-state index is 0.328. The molecule has 0 fully saturated rings. The molecular weight excluding hydrogens is 340 g/mol. The minimum Gasteiger partial charge on any atom is -0.493 e. The van der Waals surface area contributed by atoms with Crippen LogP contribution in [0.3, 0.4) is 0 Å². The second-order valence-electron chi connectivity index (χ2n) is 5.14. The number of hydrogen-bond donors (Lipinski definition) is 2. The third kappa shape index (κ3) is 3.41. The van der Waals surface area contributed by atoms with Gasteiger partial charge in [0.25, 0.3) is 5.96 Å². The van der Waals surface area contributed by atoms with Gasteiger partial charge in [0, 0.05) is 5.56 Å². The zero-order valence-electron chi connectivity index (χ0n) is 14.5. The quantitative estimate of drug-likeness (QED) is 0.566. The molecule has 0 amide bonds. The second kappa shape index (κ2) is 7.51. The van der Waals surface area contributed by atoms with E-state index in [1.54, 1.807) is 44.2 Å². The molecule has 0 bridgehead atoms. The van der Waals surface area contributed by atoms with E-state index in [2.05, 4.69) is 30.9 Å². The molecule has 0 unspecified atom stereocenters. The van der Waals surface area contributed by atoms with Gasteiger partial charge in [-0.15, -0.1) is 20.4 Å². The van der Waals surface area contributed by atoms with E-state index in [4.69, 9.17) is 19.9 Å². The minimum absolute atomic E-state index is 0.328. The van der Waals surface area contributed by atoms with Gasteiger partial charge in [-0.1, -0.05) is 0 Å². The van der Waals surface area contributed by atoms with Crippen molar-refractivity contribution in [2.24, 2.45) is 21.0 Å². The van der Waals surface area contributed by atoms with Crippen LogP contribution < -0.4 is 25.4 Å². The van der Waals surface area contributed by atoms with E-state index in [0.717, 1.165) is 5.56 Å². The molecule has 1 aromatic heterocycles. The van der Waals surface area contributed by atoms with E-state index in [1.807, 2.05) is 0 Å². The Bertz CT molecular complexity index is 862. The van der Waals surface area contributed by atoms with Gasteiger partial charge in [-0.25, -0.2) is 5.43 Å². The molecule has 3 rings (SSSR count). The van der Waals surface area contributed by atoms with E-state index < -0.39 is 0 Å². The van der Waals surface area contributed by atoms with Crippen LogP contribution in [-0.2, 0) is 6.42 Å². The molecule has 26 heavy (non-hydrogen) atoms. The monoisotopic (exact) mass is 358 g/mol. The van der Waals surface area contributed by atoms with Crippen molar-refractivity contribution in [2.45, 2.75) is 6.42 Å². The summed E-state index contributed by atoms with van der Waals surface area (Å²) in [6.45, 7) is 0. The number of hydrazone groups is 1. The van der Waals surface area contributed by atoms with Crippen molar-refractivity contribution in [3.63, 3.8) is 0 Å². The van der Waals surface area contributed by atoms with Crippen molar-refractivity contribution in [2.75, 3.05) is 21.3 Å². The Morgan fingerprint density at radius 1 is 1.15 bits per heavy atom. The van der Waals surface area contributed by atoms with E-state index in [0.29, 0.717) is 41.3 Å². The lowest BCUT2D eigenvalue weighted by molar-refractivity contribution is 0.324. The first-order valence-corrected chi connectivity index (χ1v) is 7.54. The van der Waals surface area contributed by atoms with Crippen molar-refractivity contribution in [3.05, 3.63) is 29.8 Å². The molecule has 1 aromatic carbocycles. The van der Waals surface area contributed by atoms with Crippen molar-refractivity contribution < 1.29 is 14.2 Å². The van der Waals surface area contributed by atoms with Crippen LogP contribution in [0.4, 0.5) is 0 Å². The lowest BCUT2D eigenvalue weighted by Crippen LogP contribution is -2.27. The van der Waals surface area contributed by atoms with Gasteiger partial charge in [0.1, 0.15) is 18.0 Å². The van der Waals surface area contributed by atoms with Crippen LogP contribution in [0, 0.1) is 0 Å². The number of nitrogens with two attached hydrogens (primary N) is 1. The summed E-state index contributed by atoms with van der Waals surface area (Å²) in [4.78, 5) is 0. The number of fused-ring (bicyclic) bond motifs is 1. The fourth-order valence-electron chi connectivity index (χ4n) is 2.33. The number of aromatic nitrogens is 3. The highest BCUT2D eigenvalue weighted by Crippen LogP contribution is 2.37. The van der Waals surface area contributed by atoms with Crippen LogP contribution in [-0.4, -0.2) is 54.1 Å². The Morgan fingerprint density at radius 3 is 2.54 bits per heavy atom. The van der Waals surface area contributed by atoms with E-state index >= 15 is 0 Å². The second-order valence-corrected chi connectivity index (χ2v) is 5.14. The molecule has 0 aliphatic carbocycles. The summed E-state index contributed by atoms with van der Waals surface area (Å²) in [5.41, 5.74) is 9.27. The molecule has 3 N–H and O–H groups in total. The molecule has 1 aliphatic heterocycles. The molecule has 136 valence electrons. The standard InChI is InChI=1S/C15H18N8O3/c1-24-10-4-9(5-11(25-2)14(10)26-3)7-17-21-15-22-19-12(16)6-13-20-18-8-23(13)15/h4-5,7-8H,6H2,1-3H3,(H2,16,19)(H,21,22)/b17-7-. The zero-order chi connectivity index (χ0) is 18.5. The Kier molecular flexibility index (Phi) is 4.97. The highest BCUT2D eigenvalue weighted by molar-refractivity contribution is 5.90. The fourth-order valence-corrected chi connectivity index (χ4v) is 2.33. The van der Waals surface area contributed by atoms with Gasteiger partial charge in [0.2, 0.25) is 5.75 Å². The average molecular weight is 358 g/mol. The molecule has 0 saturated carbocycles. The summed E-state index contributed by atoms with van der Waals surface area (Å²) in [6, 6.07) is 3.53. The third-order valence-corrected chi connectivity index (χ3v) is 3.52. The van der Waals surface area contributed by atoms with Crippen LogP contribution >= 0.6 is 0 Å². The number of benzene rings is 1. The SMILES string of the molecule is COc1cc(/C=N\NC2=NN=C(N)Cc3nncn32)cc(OC)c1OC. The Hall–Kier alpha value is -3.63. The highest BCUT2D eigenvalue weighted by atomic mass is 16.5. The topological polar surface area (TPSA) is 134 Å². The van der Waals surface area contributed by atoms with Crippen LogP contribution in [0.25, 0.3) is 0 Å². The summed E-state index contributed by atoms with van der Waals surface area (Å²) in [5, 5.41) is 19.9. The van der Waals surface area contributed by atoms with Gasteiger partial charge >= 0.3 is 0 Å². The number of hydrogen-bond acceptors (Lipinski definition) is 10. The van der Waals surface area contributed by atoms with Crippen molar-refractivity contribution in [1.82, 2.24) is 20.2 Å². The number of amidine groups is 1. The molecule has 1 aliphatic rings. The van der Waals surface area contributed by atoms with Crippen LogP contribution in [0.5, 0.6) is 17.2 Å². The average Bonchev–Trinajstić information content (AvgIpc) is 3.05. The molecule has 11 heteroatoms. The van der Waals surface area contributed by atoms with Gasteiger partial charge in [0.05, 0.1) is 34.0 Å². The largest absolute Gasteiger partial charge is 0.493 e. The normalized spacial score (nSPS) is 13.5. The van der Waals surface area contributed by atoms with Crippen LogP contribution in [0.15, 0.2) is 33.8 Å². The maximum Gasteiger partial charge on any atom is 0.250 e. The molecular formula is C15H18N8O3. The van der Waals surface area contributed by atoms with Crippen LogP contribution in [0.2, 0.25) is 0 Å². The molecule has 0 spiro atoms.